The van der Waals surface area contributed by atoms with E-state index in [1.807, 2.05) is 0 Å². The fourth-order valence-corrected chi connectivity index (χ4v) is 3.71. The van der Waals surface area contributed by atoms with Crippen molar-refractivity contribution in [3.05, 3.63) is 34.4 Å². The number of esters is 1. The Bertz CT molecular complexity index is 699. The molecule has 1 rings (SSSR count). The highest BCUT2D eigenvalue weighted by atomic mass is 32.2. The first kappa shape index (κ1) is 19.0. The van der Waals surface area contributed by atoms with Gasteiger partial charge in [-0.2, -0.15) is 0 Å². The van der Waals surface area contributed by atoms with Gasteiger partial charge in [-0.05, 0) is 11.5 Å². The van der Waals surface area contributed by atoms with Crippen molar-refractivity contribution in [2.75, 3.05) is 20.7 Å². The number of nitrogens with zero attached hydrogens (tertiary/aromatic N) is 2. The topological polar surface area (TPSA) is 107 Å². The quantitative estimate of drug-likeness (QED) is 0.424. The summed E-state index contributed by atoms with van der Waals surface area (Å²) in [6, 6.07) is 5.16. The first-order valence-corrected chi connectivity index (χ1v) is 8.22. The van der Waals surface area contributed by atoms with Crippen molar-refractivity contribution >= 4 is 21.7 Å². The lowest BCUT2D eigenvalue weighted by Gasteiger charge is -2.28. The van der Waals surface area contributed by atoms with E-state index in [2.05, 4.69) is 4.74 Å². The maximum absolute atomic E-state index is 12.6. The maximum atomic E-state index is 12.6. The average Bonchev–Trinajstić information content (AvgIpc) is 2.45. The van der Waals surface area contributed by atoms with E-state index in [1.54, 1.807) is 13.8 Å². The van der Waals surface area contributed by atoms with E-state index in [-0.39, 0.29) is 17.9 Å². The molecular weight excluding hydrogens is 324 g/mol. The second-order valence-corrected chi connectivity index (χ2v) is 7.92. The summed E-state index contributed by atoms with van der Waals surface area (Å²) in [5.74, 6) is -0.452. The van der Waals surface area contributed by atoms with Crippen molar-refractivity contribution in [3.8, 4) is 0 Å². The molecule has 0 bridgehead atoms. The van der Waals surface area contributed by atoms with E-state index in [4.69, 9.17) is 0 Å². The van der Waals surface area contributed by atoms with Crippen LogP contribution in [-0.2, 0) is 19.6 Å². The predicted octanol–water partition coefficient (Wildman–Crippen LogP) is 1.80. The third kappa shape index (κ3) is 4.73. The number of nitro benzene ring substituents is 1. The lowest BCUT2D eigenvalue weighted by molar-refractivity contribution is -0.387. The first-order valence-electron chi connectivity index (χ1n) is 6.78. The van der Waals surface area contributed by atoms with Gasteiger partial charge in [0, 0.05) is 19.7 Å². The van der Waals surface area contributed by atoms with Crippen LogP contribution in [0.4, 0.5) is 5.69 Å². The Morgan fingerprint density at radius 2 is 1.91 bits per heavy atom. The standard InChI is InChI=1S/C14H20N2O6S/c1-14(2,9-13(17)22-4)10-15(3)23(20,21)12-8-6-5-7-11(12)16(18)19/h5-8H,9-10H2,1-4H3. The summed E-state index contributed by atoms with van der Waals surface area (Å²) in [6.45, 7) is 3.45. The third-order valence-corrected chi connectivity index (χ3v) is 5.10. The van der Waals surface area contributed by atoms with Crippen LogP contribution in [0.1, 0.15) is 20.3 Å². The number of sulfonamides is 1. The minimum Gasteiger partial charge on any atom is -0.469 e. The Morgan fingerprint density at radius 1 is 1.35 bits per heavy atom. The van der Waals surface area contributed by atoms with E-state index >= 15 is 0 Å². The van der Waals surface area contributed by atoms with Gasteiger partial charge in [0.05, 0.1) is 18.5 Å². The van der Waals surface area contributed by atoms with Crippen molar-refractivity contribution in [3.63, 3.8) is 0 Å². The van der Waals surface area contributed by atoms with Crippen LogP contribution in [0.2, 0.25) is 0 Å². The van der Waals surface area contributed by atoms with Gasteiger partial charge in [0.2, 0.25) is 10.0 Å². The molecule has 0 aliphatic carbocycles. The highest BCUT2D eigenvalue weighted by molar-refractivity contribution is 7.89. The van der Waals surface area contributed by atoms with Crippen molar-refractivity contribution in [2.24, 2.45) is 5.41 Å². The number of carbonyl (C=O) groups is 1. The minimum atomic E-state index is -4.05. The lowest BCUT2D eigenvalue weighted by atomic mass is 9.89. The van der Waals surface area contributed by atoms with Crippen molar-refractivity contribution in [1.82, 2.24) is 4.31 Å². The van der Waals surface area contributed by atoms with Crippen LogP contribution in [0.25, 0.3) is 0 Å². The van der Waals surface area contributed by atoms with Crippen molar-refractivity contribution in [2.45, 2.75) is 25.2 Å². The number of methoxy groups -OCH3 is 1. The van der Waals surface area contributed by atoms with E-state index in [9.17, 15) is 23.3 Å². The highest BCUT2D eigenvalue weighted by Gasteiger charge is 2.33. The summed E-state index contributed by atoms with van der Waals surface area (Å²) >= 11 is 0. The van der Waals surface area contributed by atoms with Crippen LogP contribution in [0, 0.1) is 15.5 Å². The molecule has 0 unspecified atom stereocenters. The van der Waals surface area contributed by atoms with Gasteiger partial charge in [0.1, 0.15) is 0 Å². The molecule has 0 heterocycles. The van der Waals surface area contributed by atoms with Crippen LogP contribution < -0.4 is 0 Å². The van der Waals surface area contributed by atoms with Crippen molar-refractivity contribution < 1.29 is 22.9 Å². The predicted molar refractivity (Wildman–Crippen MR) is 83.3 cm³/mol. The molecule has 0 N–H and O–H groups in total. The molecule has 8 nitrogen and oxygen atoms in total. The third-order valence-electron chi connectivity index (χ3n) is 3.25. The number of rotatable bonds is 7. The normalized spacial score (nSPS) is 12.2. The average molecular weight is 344 g/mol. The van der Waals surface area contributed by atoms with Gasteiger partial charge in [0.15, 0.2) is 4.90 Å². The lowest BCUT2D eigenvalue weighted by Crippen LogP contribution is -2.37. The second-order valence-electron chi connectivity index (χ2n) is 5.90. The number of carbonyl (C=O) groups excluding carboxylic acids is 1. The molecule has 0 spiro atoms. The van der Waals surface area contributed by atoms with Crippen LogP contribution in [-0.4, -0.2) is 44.3 Å². The van der Waals surface area contributed by atoms with Gasteiger partial charge in [0.25, 0.3) is 5.69 Å². The summed E-state index contributed by atoms with van der Waals surface area (Å²) in [5, 5.41) is 11.0. The Hall–Kier alpha value is -2.00. The van der Waals surface area contributed by atoms with Gasteiger partial charge in [-0.25, -0.2) is 12.7 Å². The molecule has 9 heteroatoms. The maximum Gasteiger partial charge on any atom is 0.306 e. The molecule has 0 saturated heterocycles. The second kappa shape index (κ2) is 7.05. The molecule has 0 atom stereocenters. The molecule has 1 aromatic carbocycles. The molecular formula is C14H20N2O6S. The summed E-state index contributed by atoms with van der Waals surface area (Å²) in [4.78, 5) is 21.3. The summed E-state index contributed by atoms with van der Waals surface area (Å²) in [6.07, 6.45) is 0.0280. The Kier molecular flexibility index (Phi) is 5.84. The smallest absolute Gasteiger partial charge is 0.306 e. The number of ether oxygens (including phenoxy) is 1. The molecule has 0 fully saturated rings. The summed E-state index contributed by atoms with van der Waals surface area (Å²) in [7, 11) is -1.47. The number of benzene rings is 1. The van der Waals surface area contributed by atoms with Gasteiger partial charge in [-0.15, -0.1) is 0 Å². The van der Waals surface area contributed by atoms with Gasteiger partial charge >= 0.3 is 5.97 Å². The fraction of sp³-hybridized carbons (Fsp3) is 0.500. The highest BCUT2D eigenvalue weighted by Crippen LogP contribution is 2.29. The SMILES string of the molecule is COC(=O)CC(C)(C)CN(C)S(=O)(=O)c1ccccc1[N+](=O)[O-]. The molecule has 1 aromatic rings. The number of para-hydroxylation sites is 1. The molecule has 0 amide bonds. The summed E-state index contributed by atoms with van der Waals surface area (Å²) < 4.78 is 30.8. The van der Waals surface area contributed by atoms with Crippen LogP contribution >= 0.6 is 0 Å². The molecule has 0 radical (unpaired) electrons. The minimum absolute atomic E-state index is 0.0104. The van der Waals surface area contributed by atoms with Gasteiger partial charge < -0.3 is 4.74 Å². The molecule has 0 aliphatic heterocycles. The zero-order valence-corrected chi connectivity index (χ0v) is 14.3. The molecule has 23 heavy (non-hydrogen) atoms. The fourth-order valence-electron chi connectivity index (χ4n) is 2.20. The monoisotopic (exact) mass is 344 g/mol. The van der Waals surface area contributed by atoms with Crippen LogP contribution in [0.3, 0.4) is 0 Å². The number of nitro groups is 1. The van der Waals surface area contributed by atoms with E-state index in [0.717, 1.165) is 10.4 Å². The molecule has 128 valence electrons. The number of hydrogen-bond acceptors (Lipinski definition) is 6. The Balaban J connectivity index is 3.10. The summed E-state index contributed by atoms with van der Waals surface area (Å²) in [5.41, 5.74) is -1.16. The van der Waals surface area contributed by atoms with Crippen LogP contribution in [0.15, 0.2) is 29.2 Å². The van der Waals surface area contributed by atoms with Gasteiger partial charge in [-0.1, -0.05) is 26.0 Å². The van der Waals surface area contributed by atoms with E-state index < -0.39 is 32.0 Å². The van der Waals surface area contributed by atoms with Crippen molar-refractivity contribution in [1.29, 1.82) is 0 Å². The van der Waals surface area contributed by atoms with E-state index in [1.165, 1.54) is 32.4 Å². The molecule has 0 aliphatic rings. The molecule has 0 aromatic heterocycles. The Morgan fingerprint density at radius 3 is 2.43 bits per heavy atom. The van der Waals surface area contributed by atoms with Gasteiger partial charge in [-0.3, -0.25) is 14.9 Å². The molecule has 0 saturated carbocycles. The zero-order chi connectivity index (χ0) is 17.8. The van der Waals surface area contributed by atoms with E-state index in [0.29, 0.717) is 0 Å². The Labute approximate surface area is 135 Å². The first-order chi connectivity index (χ1) is 10.5. The number of hydrogen-bond donors (Lipinski definition) is 0. The largest absolute Gasteiger partial charge is 0.469 e. The van der Waals surface area contributed by atoms with Crippen LogP contribution in [0.5, 0.6) is 0 Å². The zero-order valence-electron chi connectivity index (χ0n) is 13.5.